The normalized spacial score (nSPS) is 17.4. The van der Waals surface area contributed by atoms with Gasteiger partial charge < -0.3 is 51.3 Å². The van der Waals surface area contributed by atoms with E-state index in [9.17, 15) is 42.7 Å². The lowest BCUT2D eigenvalue weighted by Gasteiger charge is -2.23. The van der Waals surface area contributed by atoms with E-state index in [1.54, 1.807) is 24.3 Å². The molecule has 454 valence electrons. The summed E-state index contributed by atoms with van der Waals surface area (Å²) in [6.07, 6.45) is 6.76. The number of hydrogen-bond donors (Lipinski definition) is 8. The molecule has 89 heavy (non-hydrogen) atoms. The molecule has 3 saturated heterocycles. The summed E-state index contributed by atoms with van der Waals surface area (Å²) in [5, 5.41) is 21.2. The number of hydrogen-bond acceptors (Lipinski definition) is 10. The molecule has 3 fully saturated rings. The molecule has 6 atom stereocenters. The van der Waals surface area contributed by atoms with E-state index in [-0.39, 0.29) is 62.1 Å². The number of cyclic esters (lactones) is 1. The van der Waals surface area contributed by atoms with Crippen LogP contribution in [0.15, 0.2) is 182 Å². The number of aromatic amines is 2. The molecule has 0 unspecified atom stereocenters. The van der Waals surface area contributed by atoms with Crippen LogP contribution < -0.4 is 31.9 Å². The smallest absolute Gasteiger partial charge is 0.333 e. The van der Waals surface area contributed by atoms with Crippen molar-refractivity contribution in [1.82, 2.24) is 41.9 Å². The molecule has 0 bridgehead atoms. The van der Waals surface area contributed by atoms with Gasteiger partial charge >= 0.3 is 11.9 Å². The first kappa shape index (κ1) is 60.3. The van der Waals surface area contributed by atoms with Gasteiger partial charge in [-0.1, -0.05) is 133 Å². The third kappa shape index (κ3) is 15.0. The summed E-state index contributed by atoms with van der Waals surface area (Å²) in [6, 6.07) is 43.5. The van der Waals surface area contributed by atoms with Crippen LogP contribution in [-0.2, 0) is 57.5 Å². The fraction of sp³-hybridized carbons (Fsp3) is 0.257. The maximum absolute atomic E-state index is 14.4. The highest BCUT2D eigenvalue weighted by Crippen LogP contribution is 2.32. The molecule has 18 nitrogen and oxygen atoms in total. The molecule has 19 heteroatoms. The maximum atomic E-state index is 14.4. The largest absolute Gasteiger partial charge is 0.462 e. The Kier molecular flexibility index (Phi) is 18.9. The number of amides is 6. The van der Waals surface area contributed by atoms with Gasteiger partial charge in [-0.15, -0.1) is 0 Å². The number of rotatable bonds is 24. The fourth-order valence-electron chi connectivity index (χ4n) is 11.9. The van der Waals surface area contributed by atoms with Gasteiger partial charge in [-0.05, 0) is 100 Å². The van der Waals surface area contributed by atoms with Crippen molar-refractivity contribution < 1.29 is 52.2 Å². The fourth-order valence-corrected chi connectivity index (χ4v) is 11.9. The van der Waals surface area contributed by atoms with Gasteiger partial charge in [-0.3, -0.25) is 28.8 Å². The Labute approximate surface area is 512 Å². The number of fused-ring (bicyclic) bond motifs is 2. The first-order valence-corrected chi connectivity index (χ1v) is 29.9. The van der Waals surface area contributed by atoms with E-state index in [0.717, 1.165) is 49.5 Å². The van der Waals surface area contributed by atoms with Crippen LogP contribution in [0.2, 0.25) is 0 Å². The van der Waals surface area contributed by atoms with Crippen LogP contribution in [0.3, 0.4) is 0 Å². The third-order valence-corrected chi connectivity index (χ3v) is 16.5. The summed E-state index contributed by atoms with van der Waals surface area (Å²) in [7, 11) is 0. The molecule has 5 heterocycles. The Morgan fingerprint density at radius 2 is 1.15 bits per heavy atom. The SMILES string of the molecule is O=C(/C=C/[C@H](C[C@@H]1CCNC1=O)NC(=O)[C@H](Cc1ccccc1)NC(=O)c1ccc(-c2cccc3ccccc23)[nH]1)OCCc1ccc(-c2ccc(C(=O)N[C@@H](Cc3ccc(F)cc3)C(=O)N[C@H](/C=C3\CCOC3=O)C[C@@H]3CCNC3=O)[nH]2)c2ccccc12. The Morgan fingerprint density at radius 1 is 0.584 bits per heavy atom. The Morgan fingerprint density at radius 3 is 1.76 bits per heavy atom. The average molecular weight is 1200 g/mol. The number of benzene rings is 6. The number of carbonyl (C=O) groups is 8. The lowest BCUT2D eigenvalue weighted by Crippen LogP contribution is -2.51. The molecule has 8 N–H and O–H groups in total. The summed E-state index contributed by atoms with van der Waals surface area (Å²) in [5.74, 6) is -4.91. The van der Waals surface area contributed by atoms with Crippen LogP contribution in [0.1, 0.15) is 69.8 Å². The summed E-state index contributed by atoms with van der Waals surface area (Å²) in [6.45, 7) is 1.19. The zero-order valence-corrected chi connectivity index (χ0v) is 48.7. The Bertz CT molecular complexity index is 4020. The van der Waals surface area contributed by atoms with Crippen molar-refractivity contribution in [2.45, 2.75) is 75.5 Å². The van der Waals surface area contributed by atoms with E-state index < -0.39 is 77.4 Å². The second-order valence-corrected chi connectivity index (χ2v) is 22.6. The highest BCUT2D eigenvalue weighted by molar-refractivity contribution is 6.02. The van der Waals surface area contributed by atoms with Crippen molar-refractivity contribution in [2.75, 3.05) is 26.3 Å². The number of aromatic nitrogens is 2. The van der Waals surface area contributed by atoms with Crippen molar-refractivity contribution in [1.29, 1.82) is 0 Å². The van der Waals surface area contributed by atoms with Crippen molar-refractivity contribution >= 4 is 68.9 Å². The lowest BCUT2D eigenvalue weighted by atomic mass is 9.95. The molecule has 3 aliphatic rings. The van der Waals surface area contributed by atoms with Crippen molar-refractivity contribution in [3.8, 4) is 22.5 Å². The van der Waals surface area contributed by atoms with Crippen molar-refractivity contribution in [2.24, 2.45) is 11.8 Å². The van der Waals surface area contributed by atoms with Crippen molar-refractivity contribution in [3.63, 3.8) is 0 Å². The van der Waals surface area contributed by atoms with E-state index in [2.05, 4.69) is 41.9 Å². The molecule has 0 saturated carbocycles. The molecule has 8 aromatic rings. The molecule has 0 aliphatic carbocycles. The predicted octanol–water partition coefficient (Wildman–Crippen LogP) is 8.04. The van der Waals surface area contributed by atoms with E-state index in [1.807, 2.05) is 115 Å². The van der Waals surface area contributed by atoms with Gasteiger partial charge in [0.1, 0.15) is 29.3 Å². The van der Waals surface area contributed by atoms with Crippen LogP contribution in [0.4, 0.5) is 4.39 Å². The van der Waals surface area contributed by atoms with Crippen LogP contribution in [0.5, 0.6) is 0 Å². The van der Waals surface area contributed by atoms with Gasteiger partial charge in [0, 0.05) is 96.9 Å². The van der Waals surface area contributed by atoms with Crippen LogP contribution in [0, 0.1) is 17.7 Å². The monoisotopic (exact) mass is 1200 g/mol. The molecule has 6 amide bonds. The van der Waals surface area contributed by atoms with Gasteiger partial charge in [-0.2, -0.15) is 0 Å². The maximum Gasteiger partial charge on any atom is 0.333 e. The minimum atomic E-state index is -1.15. The minimum Gasteiger partial charge on any atom is -0.462 e. The number of carbonyl (C=O) groups excluding carboxylic acids is 8. The number of nitrogens with one attached hydrogen (secondary N) is 8. The van der Waals surface area contributed by atoms with Gasteiger partial charge in [0.2, 0.25) is 23.6 Å². The number of halogens is 1. The standard InChI is InChI=1S/C70H67FN8O10/c71-49-20-17-43(18-21-49)38-62(69(86)75-51(40-47-30-34-73-65(47)82)41-48-32-36-89-70(48)87)79-67(84)60-27-25-58(77-60)56-23-19-45(52-13-6-7-15-54(52)56)31-35-88-63(80)28-22-50(39-46-29-33-72-64(46)81)74-68(85)61(37-42-9-2-1-3-10-42)78-66(83)59-26-24-57(76-59)55-16-8-12-44-11-4-5-14-53(44)55/h1-28,41,46-47,50-51,61-62,76-77H,29-40H2,(H,72,81)(H,73,82)(H,74,85)(H,75,86)(H,78,83)(H,79,84)/b28-22+,48-41+/t46-,47-,50+,51-,61-,62-/m0/s1. The second-order valence-electron chi connectivity index (χ2n) is 22.6. The zero-order valence-electron chi connectivity index (χ0n) is 48.7. The van der Waals surface area contributed by atoms with Gasteiger partial charge in [0.05, 0.1) is 13.2 Å². The number of H-pyrrole nitrogens is 2. The van der Waals surface area contributed by atoms with Gasteiger partial charge in [0.25, 0.3) is 11.8 Å². The molecular weight excluding hydrogens is 1130 g/mol. The summed E-state index contributed by atoms with van der Waals surface area (Å²) >= 11 is 0. The van der Waals surface area contributed by atoms with E-state index in [4.69, 9.17) is 9.47 Å². The average Bonchev–Trinajstić information content (AvgIpc) is 2.74. The van der Waals surface area contributed by atoms with Crippen LogP contribution in [-0.4, -0.2) is 108 Å². The van der Waals surface area contributed by atoms with Crippen molar-refractivity contribution in [3.05, 3.63) is 215 Å². The zero-order chi connectivity index (χ0) is 61.8. The lowest BCUT2D eigenvalue weighted by molar-refractivity contribution is -0.138. The number of esters is 2. The molecule has 11 rings (SSSR count). The molecule has 6 aromatic carbocycles. The quantitative estimate of drug-likeness (QED) is 0.0213. The van der Waals surface area contributed by atoms with E-state index in [0.29, 0.717) is 55.6 Å². The van der Waals surface area contributed by atoms with Crippen LogP contribution >= 0.6 is 0 Å². The highest BCUT2D eigenvalue weighted by Gasteiger charge is 2.33. The third-order valence-electron chi connectivity index (χ3n) is 16.5. The molecule has 3 aliphatic heterocycles. The summed E-state index contributed by atoms with van der Waals surface area (Å²) in [5.41, 5.74) is 6.12. The minimum absolute atomic E-state index is 0.000837. The highest BCUT2D eigenvalue weighted by atomic mass is 19.1. The van der Waals surface area contributed by atoms with E-state index in [1.165, 1.54) is 36.4 Å². The second kappa shape index (κ2) is 27.9. The molecule has 0 spiro atoms. The molecule has 2 aromatic heterocycles. The summed E-state index contributed by atoms with van der Waals surface area (Å²) < 4.78 is 24.9. The first-order valence-electron chi connectivity index (χ1n) is 29.9. The Balaban J connectivity index is 0.745. The van der Waals surface area contributed by atoms with Crippen LogP contribution in [0.25, 0.3) is 44.1 Å². The van der Waals surface area contributed by atoms with Gasteiger partial charge in [-0.25, -0.2) is 14.0 Å². The summed E-state index contributed by atoms with van der Waals surface area (Å²) in [4.78, 5) is 115. The predicted molar refractivity (Wildman–Crippen MR) is 333 cm³/mol. The molecule has 0 radical (unpaired) electrons. The number of ether oxygens (including phenoxy) is 2. The Hall–Kier alpha value is -10.4. The topological polar surface area (TPSA) is 259 Å². The first-order chi connectivity index (χ1) is 43.3. The van der Waals surface area contributed by atoms with E-state index >= 15 is 0 Å². The van der Waals surface area contributed by atoms with Gasteiger partial charge in [0.15, 0.2) is 0 Å². The molecular formula is C70H67FN8O10.